The fraction of sp³-hybridized carbons (Fsp3) is 0.647. The quantitative estimate of drug-likeness (QED) is 0.766. The van der Waals surface area contributed by atoms with Gasteiger partial charge < -0.3 is 9.84 Å². The third-order valence-corrected chi connectivity index (χ3v) is 4.30. The Kier molecular flexibility index (Phi) is 5.12. The Morgan fingerprint density at radius 2 is 2.05 bits per heavy atom. The van der Waals surface area contributed by atoms with Crippen molar-refractivity contribution in [3.63, 3.8) is 0 Å². The second-order valence-corrected chi connectivity index (χ2v) is 5.75. The maximum Gasteiger partial charge on any atom is 0.160 e. The summed E-state index contributed by atoms with van der Waals surface area (Å²) in [7, 11) is 1.62. The molecule has 19 heavy (non-hydrogen) atoms. The minimum absolute atomic E-state index is 0.280. The molecule has 1 aliphatic carbocycles. The molecule has 0 radical (unpaired) electrons. The predicted octanol–water partition coefficient (Wildman–Crippen LogP) is 4.48. The SMILES string of the molecule is CCCCCCC1CCc2cc(O)c(OC)cc2C1. The number of phenols is 1. The summed E-state index contributed by atoms with van der Waals surface area (Å²) in [6.45, 7) is 2.26. The molecule has 1 aromatic carbocycles. The number of fused-ring (bicyclic) bond motifs is 1. The van der Waals surface area contributed by atoms with Gasteiger partial charge in [-0.15, -0.1) is 0 Å². The maximum absolute atomic E-state index is 9.81. The van der Waals surface area contributed by atoms with Crippen molar-refractivity contribution in [2.24, 2.45) is 5.92 Å². The van der Waals surface area contributed by atoms with Gasteiger partial charge in [-0.1, -0.05) is 39.0 Å². The summed E-state index contributed by atoms with van der Waals surface area (Å²) < 4.78 is 5.21. The molecule has 0 aromatic heterocycles. The van der Waals surface area contributed by atoms with Crippen LogP contribution in [-0.4, -0.2) is 12.2 Å². The molecule has 1 N–H and O–H groups in total. The Morgan fingerprint density at radius 1 is 1.21 bits per heavy atom. The van der Waals surface area contributed by atoms with Gasteiger partial charge in [0, 0.05) is 0 Å². The Bertz CT molecular complexity index is 412. The van der Waals surface area contributed by atoms with Crippen molar-refractivity contribution in [1.82, 2.24) is 0 Å². The molecule has 1 unspecified atom stereocenters. The van der Waals surface area contributed by atoms with Crippen LogP contribution in [0.15, 0.2) is 12.1 Å². The highest BCUT2D eigenvalue weighted by Crippen LogP contribution is 2.36. The normalized spacial score (nSPS) is 18.1. The molecular weight excluding hydrogens is 236 g/mol. The fourth-order valence-electron chi connectivity index (χ4n) is 3.12. The Hall–Kier alpha value is -1.18. The van der Waals surface area contributed by atoms with Crippen LogP contribution in [0, 0.1) is 5.92 Å². The molecule has 106 valence electrons. The highest BCUT2D eigenvalue weighted by Gasteiger charge is 2.20. The average Bonchev–Trinajstić information content (AvgIpc) is 2.43. The molecule has 2 rings (SSSR count). The first-order valence-corrected chi connectivity index (χ1v) is 7.63. The molecule has 1 atom stereocenters. The molecule has 0 aliphatic heterocycles. The summed E-state index contributed by atoms with van der Waals surface area (Å²) >= 11 is 0. The van der Waals surface area contributed by atoms with Gasteiger partial charge in [-0.05, 0) is 48.4 Å². The lowest BCUT2D eigenvalue weighted by atomic mass is 9.81. The zero-order valence-corrected chi connectivity index (χ0v) is 12.2. The number of hydrogen-bond acceptors (Lipinski definition) is 2. The Morgan fingerprint density at radius 3 is 2.79 bits per heavy atom. The second-order valence-electron chi connectivity index (χ2n) is 5.75. The lowest BCUT2D eigenvalue weighted by molar-refractivity contribution is 0.366. The van der Waals surface area contributed by atoms with Crippen LogP contribution < -0.4 is 4.74 Å². The van der Waals surface area contributed by atoms with Gasteiger partial charge in [-0.3, -0.25) is 0 Å². The van der Waals surface area contributed by atoms with E-state index in [1.807, 2.05) is 12.1 Å². The minimum atomic E-state index is 0.280. The van der Waals surface area contributed by atoms with Crippen LogP contribution in [-0.2, 0) is 12.8 Å². The van der Waals surface area contributed by atoms with Crippen LogP contribution >= 0.6 is 0 Å². The lowest BCUT2D eigenvalue weighted by Crippen LogP contribution is -2.14. The van der Waals surface area contributed by atoms with Crippen molar-refractivity contribution in [3.05, 3.63) is 23.3 Å². The van der Waals surface area contributed by atoms with E-state index >= 15 is 0 Å². The summed E-state index contributed by atoms with van der Waals surface area (Å²) in [5.74, 6) is 1.71. The third-order valence-electron chi connectivity index (χ3n) is 4.30. The van der Waals surface area contributed by atoms with Crippen molar-refractivity contribution in [2.45, 2.75) is 58.3 Å². The van der Waals surface area contributed by atoms with Crippen molar-refractivity contribution >= 4 is 0 Å². The van der Waals surface area contributed by atoms with Gasteiger partial charge in [-0.2, -0.15) is 0 Å². The number of ether oxygens (including phenoxy) is 1. The number of hydrogen-bond donors (Lipinski definition) is 1. The van der Waals surface area contributed by atoms with Crippen molar-refractivity contribution in [1.29, 1.82) is 0 Å². The largest absolute Gasteiger partial charge is 0.504 e. The van der Waals surface area contributed by atoms with Gasteiger partial charge >= 0.3 is 0 Å². The molecule has 0 saturated carbocycles. The third kappa shape index (κ3) is 3.65. The highest BCUT2D eigenvalue weighted by molar-refractivity contribution is 5.47. The molecule has 0 spiro atoms. The highest BCUT2D eigenvalue weighted by atomic mass is 16.5. The van der Waals surface area contributed by atoms with Gasteiger partial charge in [-0.25, -0.2) is 0 Å². The molecule has 2 nitrogen and oxygen atoms in total. The standard InChI is InChI=1S/C17H26O2/c1-3-4-5-6-7-13-8-9-14-11-16(18)17(19-2)12-15(14)10-13/h11-13,18H,3-10H2,1-2H3. The minimum Gasteiger partial charge on any atom is -0.504 e. The summed E-state index contributed by atoms with van der Waals surface area (Å²) in [4.78, 5) is 0. The number of aryl methyl sites for hydroxylation is 1. The van der Waals surface area contributed by atoms with Crippen LogP contribution in [0.2, 0.25) is 0 Å². The van der Waals surface area contributed by atoms with Crippen LogP contribution in [0.4, 0.5) is 0 Å². The van der Waals surface area contributed by atoms with E-state index in [0.29, 0.717) is 5.75 Å². The van der Waals surface area contributed by atoms with E-state index in [4.69, 9.17) is 4.74 Å². The van der Waals surface area contributed by atoms with Gasteiger partial charge in [0.2, 0.25) is 0 Å². The molecule has 0 fully saturated rings. The molecule has 1 aliphatic rings. The van der Waals surface area contributed by atoms with Crippen LogP contribution in [0.25, 0.3) is 0 Å². The molecule has 0 bridgehead atoms. The van der Waals surface area contributed by atoms with E-state index < -0.39 is 0 Å². The molecule has 0 saturated heterocycles. The molecule has 1 aromatic rings. The van der Waals surface area contributed by atoms with Crippen molar-refractivity contribution in [3.8, 4) is 11.5 Å². The second kappa shape index (κ2) is 6.83. The topological polar surface area (TPSA) is 29.5 Å². The molecular formula is C17H26O2. The van der Waals surface area contributed by atoms with Gasteiger partial charge in [0.25, 0.3) is 0 Å². The zero-order chi connectivity index (χ0) is 13.7. The fourth-order valence-corrected chi connectivity index (χ4v) is 3.12. The summed E-state index contributed by atoms with van der Waals surface area (Å²) in [5, 5.41) is 9.81. The summed E-state index contributed by atoms with van der Waals surface area (Å²) in [5.41, 5.74) is 2.68. The van der Waals surface area contributed by atoms with Crippen LogP contribution in [0.5, 0.6) is 11.5 Å². The van der Waals surface area contributed by atoms with E-state index in [1.54, 1.807) is 7.11 Å². The number of methoxy groups -OCH3 is 1. The van der Waals surface area contributed by atoms with E-state index in [0.717, 1.165) is 18.8 Å². The van der Waals surface area contributed by atoms with E-state index in [-0.39, 0.29) is 5.75 Å². The molecule has 0 amide bonds. The first-order chi connectivity index (χ1) is 9.24. The van der Waals surface area contributed by atoms with Gasteiger partial charge in [0.05, 0.1) is 7.11 Å². The van der Waals surface area contributed by atoms with E-state index in [2.05, 4.69) is 6.92 Å². The number of unbranched alkanes of at least 4 members (excludes halogenated alkanes) is 3. The smallest absolute Gasteiger partial charge is 0.160 e. The number of rotatable bonds is 6. The first-order valence-electron chi connectivity index (χ1n) is 7.63. The maximum atomic E-state index is 9.81. The average molecular weight is 262 g/mol. The zero-order valence-electron chi connectivity index (χ0n) is 12.2. The van der Waals surface area contributed by atoms with E-state index in [9.17, 15) is 5.11 Å². The van der Waals surface area contributed by atoms with Crippen molar-refractivity contribution in [2.75, 3.05) is 7.11 Å². The van der Waals surface area contributed by atoms with E-state index in [1.165, 1.54) is 49.7 Å². The first kappa shape index (κ1) is 14.2. The molecule has 2 heteroatoms. The van der Waals surface area contributed by atoms with Crippen LogP contribution in [0.1, 0.15) is 56.6 Å². The number of benzene rings is 1. The summed E-state index contributed by atoms with van der Waals surface area (Å²) in [6.07, 6.45) is 10.3. The molecule has 0 heterocycles. The summed E-state index contributed by atoms with van der Waals surface area (Å²) in [6, 6.07) is 3.92. The number of phenolic OH excluding ortho intramolecular Hbond substituents is 1. The lowest BCUT2D eigenvalue weighted by Gasteiger charge is -2.25. The predicted molar refractivity (Wildman–Crippen MR) is 78.9 cm³/mol. The number of aromatic hydroxyl groups is 1. The van der Waals surface area contributed by atoms with Crippen molar-refractivity contribution < 1.29 is 9.84 Å². The van der Waals surface area contributed by atoms with Crippen LogP contribution in [0.3, 0.4) is 0 Å². The van der Waals surface area contributed by atoms with Gasteiger partial charge in [0.1, 0.15) is 0 Å². The Labute approximate surface area is 116 Å². The monoisotopic (exact) mass is 262 g/mol. The van der Waals surface area contributed by atoms with Gasteiger partial charge in [0.15, 0.2) is 11.5 Å². The Balaban J connectivity index is 1.95.